The molecule has 4 rings (SSSR count). The lowest BCUT2D eigenvalue weighted by atomic mass is 9.69. The molecule has 3 aromatic rings. The first-order chi connectivity index (χ1) is 16.3. The van der Waals surface area contributed by atoms with E-state index in [2.05, 4.69) is 15.6 Å². The first-order valence-electron chi connectivity index (χ1n) is 10.4. The van der Waals surface area contributed by atoms with Gasteiger partial charge in [0.1, 0.15) is 23.7 Å². The molecule has 0 unspecified atom stereocenters. The van der Waals surface area contributed by atoms with E-state index in [9.17, 15) is 23.5 Å². The maximum atomic E-state index is 14.7. The second kappa shape index (κ2) is 9.64. The van der Waals surface area contributed by atoms with Crippen LogP contribution in [0.3, 0.4) is 0 Å². The van der Waals surface area contributed by atoms with Crippen molar-refractivity contribution in [2.24, 2.45) is 5.41 Å². The Morgan fingerprint density at radius 1 is 1.09 bits per heavy atom. The molecule has 2 aromatic carbocycles. The molecule has 1 saturated carbocycles. The quantitative estimate of drug-likeness (QED) is 0.382. The third-order valence-corrected chi connectivity index (χ3v) is 6.04. The Balaban J connectivity index is 1.39. The Kier molecular flexibility index (Phi) is 6.65. The van der Waals surface area contributed by atoms with Crippen molar-refractivity contribution < 1.29 is 28.2 Å². The molecule has 0 saturated heterocycles. The Morgan fingerprint density at radius 3 is 2.50 bits per heavy atom. The number of benzene rings is 2. The SMILES string of the molecule is O=C(Nc1ccc(-c2ccc(OCC3(C(=O)O)CCC3)nc2)c(F)c1)Nc1cc(F)ccc1Cl. The largest absolute Gasteiger partial charge is 0.481 e. The van der Waals surface area contributed by atoms with Crippen LogP contribution in [-0.4, -0.2) is 28.7 Å². The number of amides is 2. The zero-order chi connectivity index (χ0) is 24.3. The molecule has 1 aliphatic carbocycles. The summed E-state index contributed by atoms with van der Waals surface area (Å²) in [6.45, 7) is 0.0340. The summed E-state index contributed by atoms with van der Waals surface area (Å²) in [5.41, 5.74) is 0.125. The maximum absolute atomic E-state index is 14.7. The lowest BCUT2D eigenvalue weighted by Gasteiger charge is -2.36. The summed E-state index contributed by atoms with van der Waals surface area (Å²) in [5.74, 6) is -1.79. The molecule has 176 valence electrons. The Morgan fingerprint density at radius 2 is 1.88 bits per heavy atom. The maximum Gasteiger partial charge on any atom is 0.323 e. The van der Waals surface area contributed by atoms with Gasteiger partial charge < -0.3 is 20.5 Å². The van der Waals surface area contributed by atoms with Crippen molar-refractivity contribution >= 4 is 35.0 Å². The van der Waals surface area contributed by atoms with Gasteiger partial charge in [-0.1, -0.05) is 18.0 Å². The molecule has 0 spiro atoms. The van der Waals surface area contributed by atoms with E-state index in [0.717, 1.165) is 24.6 Å². The fourth-order valence-electron chi connectivity index (χ4n) is 3.57. The molecular weight excluding hydrogens is 468 g/mol. The van der Waals surface area contributed by atoms with Crippen LogP contribution in [0.4, 0.5) is 25.0 Å². The van der Waals surface area contributed by atoms with E-state index < -0.39 is 29.0 Å². The number of pyridine rings is 1. The van der Waals surface area contributed by atoms with Crippen LogP contribution in [0.5, 0.6) is 5.88 Å². The lowest BCUT2D eigenvalue weighted by molar-refractivity contribution is -0.157. The van der Waals surface area contributed by atoms with Crippen LogP contribution in [0, 0.1) is 17.0 Å². The Bertz CT molecular complexity index is 1230. The predicted octanol–water partition coefficient (Wildman–Crippen LogP) is 5.96. The van der Waals surface area contributed by atoms with Gasteiger partial charge in [-0.25, -0.2) is 18.6 Å². The van der Waals surface area contributed by atoms with Gasteiger partial charge in [0.05, 0.1) is 10.7 Å². The third kappa shape index (κ3) is 5.09. The fraction of sp³-hybridized carbons (Fsp3) is 0.208. The summed E-state index contributed by atoms with van der Waals surface area (Å²) in [6, 6.07) is 10.1. The smallest absolute Gasteiger partial charge is 0.323 e. The second-order valence-corrected chi connectivity index (χ2v) is 8.42. The Labute approximate surface area is 198 Å². The van der Waals surface area contributed by atoms with Gasteiger partial charge in [0, 0.05) is 29.1 Å². The summed E-state index contributed by atoms with van der Waals surface area (Å²) in [6.07, 6.45) is 3.42. The number of aromatic nitrogens is 1. The van der Waals surface area contributed by atoms with E-state index in [1.807, 2.05) is 0 Å². The number of nitrogens with zero attached hydrogens (tertiary/aromatic N) is 1. The normalized spacial score (nSPS) is 14.1. The number of anilines is 2. The van der Waals surface area contributed by atoms with Gasteiger partial charge in [-0.05, 0) is 55.3 Å². The number of nitrogens with one attached hydrogen (secondary N) is 2. The molecule has 1 heterocycles. The van der Waals surface area contributed by atoms with Crippen LogP contribution >= 0.6 is 11.6 Å². The molecule has 3 N–H and O–H groups in total. The van der Waals surface area contributed by atoms with Crippen molar-refractivity contribution in [1.82, 2.24) is 4.98 Å². The molecule has 1 aromatic heterocycles. The highest BCUT2D eigenvalue weighted by molar-refractivity contribution is 6.33. The molecule has 2 amide bonds. The molecule has 7 nitrogen and oxygen atoms in total. The first-order valence-corrected chi connectivity index (χ1v) is 10.8. The van der Waals surface area contributed by atoms with Crippen LogP contribution in [0.2, 0.25) is 5.02 Å². The van der Waals surface area contributed by atoms with Crippen molar-refractivity contribution in [2.45, 2.75) is 19.3 Å². The molecule has 0 radical (unpaired) electrons. The molecule has 0 bridgehead atoms. The highest BCUT2D eigenvalue weighted by Crippen LogP contribution is 2.41. The van der Waals surface area contributed by atoms with Crippen LogP contribution in [-0.2, 0) is 4.79 Å². The van der Waals surface area contributed by atoms with E-state index in [1.165, 1.54) is 24.4 Å². The Hall–Kier alpha value is -3.72. The zero-order valence-electron chi connectivity index (χ0n) is 17.8. The van der Waals surface area contributed by atoms with E-state index in [0.29, 0.717) is 18.4 Å². The van der Waals surface area contributed by atoms with Crippen LogP contribution in [0.1, 0.15) is 19.3 Å². The number of ether oxygens (including phenoxy) is 1. The van der Waals surface area contributed by atoms with E-state index >= 15 is 0 Å². The van der Waals surface area contributed by atoms with Gasteiger partial charge in [0.15, 0.2) is 0 Å². The molecule has 1 fully saturated rings. The number of hydrogen-bond acceptors (Lipinski definition) is 4. The van der Waals surface area contributed by atoms with E-state index in [4.69, 9.17) is 16.3 Å². The summed E-state index contributed by atoms with van der Waals surface area (Å²) >= 11 is 5.92. The third-order valence-electron chi connectivity index (χ3n) is 5.71. The number of urea groups is 1. The summed E-state index contributed by atoms with van der Waals surface area (Å²) in [5, 5.41) is 14.4. The molecular formula is C24H20ClF2N3O4. The lowest BCUT2D eigenvalue weighted by Crippen LogP contribution is -2.43. The predicted molar refractivity (Wildman–Crippen MR) is 123 cm³/mol. The topological polar surface area (TPSA) is 101 Å². The van der Waals surface area contributed by atoms with Crippen LogP contribution < -0.4 is 15.4 Å². The van der Waals surface area contributed by atoms with Gasteiger partial charge in [0.25, 0.3) is 0 Å². The molecule has 0 aliphatic heterocycles. The minimum atomic E-state index is -0.876. The minimum Gasteiger partial charge on any atom is -0.481 e. The molecule has 34 heavy (non-hydrogen) atoms. The number of carbonyl (C=O) groups is 2. The summed E-state index contributed by atoms with van der Waals surface area (Å²) < 4.78 is 33.6. The van der Waals surface area contributed by atoms with E-state index in [1.54, 1.807) is 12.1 Å². The first kappa shape index (κ1) is 23.4. The molecule has 0 atom stereocenters. The van der Waals surface area contributed by atoms with E-state index in [-0.39, 0.29) is 34.4 Å². The van der Waals surface area contributed by atoms with Crippen molar-refractivity contribution in [3.63, 3.8) is 0 Å². The number of hydrogen-bond donors (Lipinski definition) is 3. The number of aliphatic carboxylic acids is 1. The summed E-state index contributed by atoms with van der Waals surface area (Å²) in [4.78, 5) is 27.7. The number of carboxylic acids is 1. The minimum absolute atomic E-state index is 0.0340. The highest BCUT2D eigenvalue weighted by atomic mass is 35.5. The fourth-order valence-corrected chi connectivity index (χ4v) is 3.73. The molecule has 1 aliphatic rings. The number of halogens is 3. The van der Waals surface area contributed by atoms with Gasteiger partial charge in [-0.2, -0.15) is 0 Å². The molecule has 10 heteroatoms. The van der Waals surface area contributed by atoms with Gasteiger partial charge in [0.2, 0.25) is 5.88 Å². The van der Waals surface area contributed by atoms with Crippen molar-refractivity contribution in [3.05, 3.63) is 71.4 Å². The van der Waals surface area contributed by atoms with Crippen molar-refractivity contribution in [2.75, 3.05) is 17.2 Å². The average Bonchev–Trinajstić information content (AvgIpc) is 2.76. The second-order valence-electron chi connectivity index (χ2n) is 8.01. The van der Waals surface area contributed by atoms with Gasteiger partial charge in [-0.15, -0.1) is 0 Å². The van der Waals surface area contributed by atoms with Gasteiger partial charge in [-0.3, -0.25) is 4.79 Å². The highest BCUT2D eigenvalue weighted by Gasteiger charge is 2.45. The number of carbonyl (C=O) groups excluding carboxylic acids is 1. The zero-order valence-corrected chi connectivity index (χ0v) is 18.5. The van der Waals surface area contributed by atoms with Gasteiger partial charge >= 0.3 is 12.0 Å². The van der Waals surface area contributed by atoms with Crippen molar-refractivity contribution in [1.29, 1.82) is 0 Å². The number of carboxylic acid groups (broad SMARTS) is 1. The van der Waals surface area contributed by atoms with Crippen LogP contribution in [0.15, 0.2) is 54.7 Å². The number of rotatable bonds is 7. The van der Waals surface area contributed by atoms with Crippen LogP contribution in [0.25, 0.3) is 11.1 Å². The average molecular weight is 488 g/mol. The standard InChI is InChI=1S/C24H20ClF2N3O4/c25-18-6-3-15(26)10-20(18)30-23(33)29-16-4-5-17(19(27)11-16)14-2-7-21(28-12-14)34-13-24(22(31)32)8-1-9-24/h2-7,10-12H,1,8-9,13H2,(H,31,32)(H2,29,30,33). The van der Waals surface area contributed by atoms with Crippen molar-refractivity contribution in [3.8, 4) is 17.0 Å². The monoisotopic (exact) mass is 487 g/mol. The summed E-state index contributed by atoms with van der Waals surface area (Å²) in [7, 11) is 0.